The zero-order chi connectivity index (χ0) is 26.0. The van der Waals surface area contributed by atoms with Gasteiger partial charge in [-0.25, -0.2) is 9.97 Å². The Balaban J connectivity index is 1.20. The van der Waals surface area contributed by atoms with Crippen LogP contribution in [0.15, 0.2) is 97.8 Å². The number of rotatable bonds is 7. The molecule has 0 spiro atoms. The average Bonchev–Trinajstić information content (AvgIpc) is 3.62. The second-order valence-corrected chi connectivity index (χ2v) is 9.24. The van der Waals surface area contributed by atoms with Crippen molar-refractivity contribution in [1.29, 1.82) is 0 Å². The molecule has 0 amide bonds. The van der Waals surface area contributed by atoms with Gasteiger partial charge in [0, 0.05) is 66.2 Å². The van der Waals surface area contributed by atoms with Crippen molar-refractivity contribution in [2.75, 3.05) is 0 Å². The van der Waals surface area contributed by atoms with Crippen molar-refractivity contribution in [1.82, 2.24) is 45.4 Å². The van der Waals surface area contributed by atoms with E-state index in [1.54, 1.807) is 18.6 Å². The van der Waals surface area contributed by atoms with Gasteiger partial charge in [-0.3, -0.25) is 20.1 Å². The predicted octanol–water partition coefficient (Wildman–Crippen LogP) is 5.31. The van der Waals surface area contributed by atoms with Crippen molar-refractivity contribution < 1.29 is 0 Å². The van der Waals surface area contributed by atoms with E-state index >= 15 is 0 Å². The molecule has 9 nitrogen and oxygen atoms in total. The van der Waals surface area contributed by atoms with Crippen LogP contribution in [0.2, 0.25) is 0 Å². The highest BCUT2D eigenvalue weighted by atomic mass is 15.1. The van der Waals surface area contributed by atoms with Crippen LogP contribution in [0.5, 0.6) is 0 Å². The van der Waals surface area contributed by atoms with E-state index in [4.69, 9.17) is 4.98 Å². The van der Waals surface area contributed by atoms with Gasteiger partial charge in [0.1, 0.15) is 5.69 Å². The predicted molar refractivity (Wildman–Crippen MR) is 150 cm³/mol. The van der Waals surface area contributed by atoms with E-state index in [0.29, 0.717) is 23.7 Å². The largest absolute Gasteiger partial charge is 0.335 e. The fourth-order valence-corrected chi connectivity index (χ4v) is 4.71. The molecule has 0 aliphatic rings. The van der Waals surface area contributed by atoms with E-state index in [-0.39, 0.29) is 0 Å². The molecular weight excluding hydrogens is 486 g/mol. The van der Waals surface area contributed by atoms with E-state index in [1.807, 2.05) is 61.1 Å². The minimum Gasteiger partial charge on any atom is -0.335 e. The van der Waals surface area contributed by atoms with Gasteiger partial charge in [-0.15, -0.1) is 0 Å². The van der Waals surface area contributed by atoms with E-state index < -0.39 is 0 Å². The molecule has 0 atom stereocenters. The van der Waals surface area contributed by atoms with Gasteiger partial charge in [-0.1, -0.05) is 36.4 Å². The Morgan fingerprint density at radius 2 is 1.64 bits per heavy atom. The topological polar surface area (TPSA) is 121 Å². The van der Waals surface area contributed by atoms with Gasteiger partial charge < -0.3 is 10.3 Å². The Morgan fingerprint density at radius 3 is 2.54 bits per heavy atom. The molecule has 0 aliphatic heterocycles. The molecule has 6 aromatic heterocycles. The summed E-state index contributed by atoms with van der Waals surface area (Å²) in [5.41, 5.74) is 9.05. The van der Waals surface area contributed by atoms with E-state index in [1.165, 1.54) is 5.56 Å². The number of benzene rings is 1. The lowest BCUT2D eigenvalue weighted by Gasteiger charge is -2.07. The monoisotopic (exact) mass is 509 g/mol. The minimum absolute atomic E-state index is 0.622. The number of aromatic amines is 2. The van der Waals surface area contributed by atoms with Gasteiger partial charge in [0.25, 0.3) is 0 Å². The molecule has 1 aromatic carbocycles. The number of nitrogens with one attached hydrogen (secondary N) is 3. The third-order valence-electron chi connectivity index (χ3n) is 6.63. The lowest BCUT2D eigenvalue weighted by atomic mass is 10.1. The summed E-state index contributed by atoms with van der Waals surface area (Å²) in [7, 11) is 0. The maximum absolute atomic E-state index is 4.76. The minimum atomic E-state index is 0.622. The van der Waals surface area contributed by atoms with E-state index in [0.717, 1.165) is 50.9 Å². The SMILES string of the molecule is c1ccc(CNCc2cncc(-c3cc4c(-c5nc6nccc(-c7cccnc7)c6[nH]5)n[nH]c4cn3)c2)cc1. The smallest absolute Gasteiger partial charge is 0.178 e. The van der Waals surface area contributed by atoms with Crippen molar-refractivity contribution in [3.63, 3.8) is 0 Å². The van der Waals surface area contributed by atoms with Crippen molar-refractivity contribution in [3.05, 3.63) is 109 Å². The summed E-state index contributed by atoms with van der Waals surface area (Å²) >= 11 is 0. The molecule has 0 aliphatic carbocycles. The molecule has 0 saturated heterocycles. The Hall–Kier alpha value is -5.28. The number of aromatic nitrogens is 8. The van der Waals surface area contributed by atoms with Crippen LogP contribution in [-0.2, 0) is 13.1 Å². The number of imidazole rings is 1. The molecule has 0 fully saturated rings. The summed E-state index contributed by atoms with van der Waals surface area (Å²) in [5, 5.41) is 12.0. The maximum Gasteiger partial charge on any atom is 0.178 e. The second kappa shape index (κ2) is 9.88. The lowest BCUT2D eigenvalue weighted by molar-refractivity contribution is 0.691. The first kappa shape index (κ1) is 22.9. The highest BCUT2D eigenvalue weighted by molar-refractivity contribution is 5.96. The fourth-order valence-electron chi connectivity index (χ4n) is 4.71. The molecule has 9 heteroatoms. The van der Waals surface area contributed by atoms with Crippen LogP contribution in [-0.4, -0.2) is 40.1 Å². The molecular formula is C30H23N9. The summed E-state index contributed by atoms with van der Waals surface area (Å²) < 4.78 is 0. The summed E-state index contributed by atoms with van der Waals surface area (Å²) in [6, 6.07) is 20.4. The summed E-state index contributed by atoms with van der Waals surface area (Å²) in [6.45, 7) is 1.50. The quantitative estimate of drug-likeness (QED) is 0.266. The average molecular weight is 510 g/mol. The Bertz CT molecular complexity index is 1890. The molecule has 6 heterocycles. The standard InChI is InChI=1S/C30H23N9/c1-2-5-19(6-3-1)13-32-14-20-11-22(17-33-15-20)25-12-24-26(18-35-25)38-39-28(24)30-36-27-23(8-10-34-29(27)37-30)21-7-4-9-31-16-21/h1-12,15-18,32H,13-14H2,(H,38,39)(H,34,36,37). The van der Waals surface area contributed by atoms with Crippen LogP contribution in [0.25, 0.3) is 56.0 Å². The van der Waals surface area contributed by atoms with Gasteiger partial charge in [0.05, 0.1) is 22.9 Å². The Labute approximate surface area is 223 Å². The number of hydrogen-bond donors (Lipinski definition) is 3. The second-order valence-electron chi connectivity index (χ2n) is 9.24. The van der Waals surface area contributed by atoms with Crippen molar-refractivity contribution in [2.24, 2.45) is 0 Å². The maximum atomic E-state index is 4.76. The number of H-pyrrole nitrogens is 2. The van der Waals surface area contributed by atoms with E-state index in [9.17, 15) is 0 Å². The van der Waals surface area contributed by atoms with Crippen LogP contribution in [0.1, 0.15) is 11.1 Å². The first-order chi connectivity index (χ1) is 19.3. The van der Waals surface area contributed by atoms with Crippen molar-refractivity contribution in [3.8, 4) is 33.9 Å². The van der Waals surface area contributed by atoms with Crippen LogP contribution < -0.4 is 5.32 Å². The number of pyridine rings is 4. The summed E-state index contributed by atoms with van der Waals surface area (Å²) in [5.74, 6) is 0.634. The molecule has 0 saturated carbocycles. The molecule has 7 aromatic rings. The van der Waals surface area contributed by atoms with Crippen LogP contribution >= 0.6 is 0 Å². The molecule has 3 N–H and O–H groups in total. The number of fused-ring (bicyclic) bond motifs is 2. The summed E-state index contributed by atoms with van der Waals surface area (Å²) in [6.07, 6.45) is 10.9. The summed E-state index contributed by atoms with van der Waals surface area (Å²) in [4.78, 5) is 26.1. The Morgan fingerprint density at radius 1 is 0.744 bits per heavy atom. The first-order valence-electron chi connectivity index (χ1n) is 12.6. The van der Waals surface area contributed by atoms with Crippen LogP contribution in [0.4, 0.5) is 0 Å². The highest BCUT2D eigenvalue weighted by Crippen LogP contribution is 2.31. The molecule has 39 heavy (non-hydrogen) atoms. The van der Waals surface area contributed by atoms with Crippen molar-refractivity contribution in [2.45, 2.75) is 13.1 Å². The molecule has 0 unspecified atom stereocenters. The number of nitrogens with zero attached hydrogens (tertiary/aromatic N) is 6. The number of hydrogen-bond acceptors (Lipinski definition) is 7. The van der Waals surface area contributed by atoms with Crippen molar-refractivity contribution >= 4 is 22.1 Å². The highest BCUT2D eigenvalue weighted by Gasteiger charge is 2.17. The van der Waals surface area contributed by atoms with Crippen LogP contribution in [0.3, 0.4) is 0 Å². The third-order valence-corrected chi connectivity index (χ3v) is 6.63. The zero-order valence-corrected chi connectivity index (χ0v) is 20.8. The van der Waals surface area contributed by atoms with E-state index in [2.05, 4.69) is 58.6 Å². The van der Waals surface area contributed by atoms with Crippen LogP contribution in [0, 0.1) is 0 Å². The zero-order valence-electron chi connectivity index (χ0n) is 20.8. The van der Waals surface area contributed by atoms with Gasteiger partial charge in [0.15, 0.2) is 11.5 Å². The molecule has 0 radical (unpaired) electrons. The fraction of sp³-hybridized carbons (Fsp3) is 0.0667. The van der Waals surface area contributed by atoms with Gasteiger partial charge in [-0.2, -0.15) is 5.10 Å². The van der Waals surface area contributed by atoms with Gasteiger partial charge in [0.2, 0.25) is 0 Å². The third kappa shape index (κ3) is 4.51. The first-order valence-corrected chi connectivity index (χ1v) is 12.6. The normalized spacial score (nSPS) is 11.4. The lowest BCUT2D eigenvalue weighted by Crippen LogP contribution is -2.12. The molecule has 0 bridgehead atoms. The van der Waals surface area contributed by atoms with Gasteiger partial charge >= 0.3 is 0 Å². The van der Waals surface area contributed by atoms with Gasteiger partial charge in [-0.05, 0) is 35.4 Å². The Kier molecular flexibility index (Phi) is 5.80. The molecule has 7 rings (SSSR count). The molecule has 188 valence electrons.